The molecule has 30 heavy (non-hydrogen) atoms. The summed E-state index contributed by atoms with van der Waals surface area (Å²) in [6, 6.07) is 11.4. The van der Waals surface area contributed by atoms with E-state index in [2.05, 4.69) is 41.5 Å². The van der Waals surface area contributed by atoms with Gasteiger partial charge in [-0.3, -0.25) is 4.79 Å². The second-order valence-corrected chi connectivity index (χ2v) is 8.46. The van der Waals surface area contributed by atoms with Crippen molar-refractivity contribution in [2.75, 3.05) is 11.1 Å². The predicted octanol–water partition coefficient (Wildman–Crippen LogP) is 6.13. The first-order valence-corrected chi connectivity index (χ1v) is 11.6. The average Bonchev–Trinajstić information content (AvgIpc) is 3.15. The fraction of sp³-hybridized carbons (Fsp3) is 0.318. The molecule has 0 saturated heterocycles. The second kappa shape index (κ2) is 10.3. The first-order valence-electron chi connectivity index (χ1n) is 9.90. The van der Waals surface area contributed by atoms with Gasteiger partial charge in [-0.2, -0.15) is 0 Å². The summed E-state index contributed by atoms with van der Waals surface area (Å²) in [7, 11) is 0. The number of carbonyl (C=O) groups excluding carboxylic acids is 1. The van der Waals surface area contributed by atoms with Crippen LogP contribution in [-0.2, 0) is 24.2 Å². The molecule has 0 spiro atoms. The number of halogens is 2. The van der Waals surface area contributed by atoms with E-state index in [1.807, 2.05) is 23.6 Å². The number of rotatable bonds is 8. The van der Waals surface area contributed by atoms with Gasteiger partial charge in [0, 0.05) is 22.8 Å². The van der Waals surface area contributed by atoms with Crippen LogP contribution in [0, 0.1) is 0 Å². The first kappa shape index (κ1) is 22.7. The van der Waals surface area contributed by atoms with E-state index in [9.17, 15) is 4.79 Å². The molecule has 0 aliphatic rings. The minimum atomic E-state index is -0.0627. The lowest BCUT2D eigenvalue weighted by Crippen LogP contribution is -2.17. The number of aromatic nitrogens is 3. The summed E-state index contributed by atoms with van der Waals surface area (Å²) in [5.74, 6) is 0.840. The minimum Gasteiger partial charge on any atom is -0.325 e. The normalized spacial score (nSPS) is 11.0. The number of carbonyl (C=O) groups is 1. The average molecular weight is 463 g/mol. The van der Waals surface area contributed by atoms with Crippen LogP contribution in [0.3, 0.4) is 0 Å². The van der Waals surface area contributed by atoms with Crippen LogP contribution >= 0.6 is 35.0 Å². The molecule has 0 aliphatic heterocycles. The van der Waals surface area contributed by atoms with Gasteiger partial charge in [-0.05, 0) is 49.1 Å². The van der Waals surface area contributed by atoms with Crippen LogP contribution in [0.15, 0.2) is 41.6 Å². The third-order valence-electron chi connectivity index (χ3n) is 4.80. The standard InChI is InChI=1S/C22H24Cl2N4OS/c1-4-14-8-7-9-15(5-2)20(14)25-19(29)13-30-22-27-26-21(28(22)6-3)17-11-10-16(23)12-18(17)24/h7-12H,4-6,13H2,1-3H3,(H,25,29). The quantitative estimate of drug-likeness (QED) is 0.409. The van der Waals surface area contributed by atoms with Gasteiger partial charge in [-0.25, -0.2) is 0 Å². The number of para-hydroxylation sites is 1. The number of anilines is 1. The molecular formula is C22H24Cl2N4OS. The maximum Gasteiger partial charge on any atom is 0.234 e. The Kier molecular flexibility index (Phi) is 7.81. The van der Waals surface area contributed by atoms with Gasteiger partial charge in [-0.15, -0.1) is 10.2 Å². The number of hydrogen-bond acceptors (Lipinski definition) is 4. The third-order valence-corrected chi connectivity index (χ3v) is 6.32. The Morgan fingerprint density at radius 2 is 1.77 bits per heavy atom. The number of nitrogens with one attached hydrogen (secondary N) is 1. The van der Waals surface area contributed by atoms with E-state index < -0.39 is 0 Å². The molecule has 1 N–H and O–H groups in total. The summed E-state index contributed by atoms with van der Waals surface area (Å²) >= 11 is 13.7. The van der Waals surface area contributed by atoms with Crippen molar-refractivity contribution in [2.24, 2.45) is 0 Å². The van der Waals surface area contributed by atoms with Gasteiger partial charge in [0.05, 0.1) is 10.8 Å². The van der Waals surface area contributed by atoms with Crippen LogP contribution in [0.1, 0.15) is 31.9 Å². The molecule has 0 fully saturated rings. The fourth-order valence-corrected chi connectivity index (χ4v) is 4.55. The number of benzene rings is 2. The highest BCUT2D eigenvalue weighted by Crippen LogP contribution is 2.31. The van der Waals surface area contributed by atoms with Gasteiger partial charge in [0.25, 0.3) is 0 Å². The Bertz CT molecular complexity index is 1030. The molecular weight excluding hydrogens is 439 g/mol. The Balaban J connectivity index is 1.75. The zero-order valence-corrected chi connectivity index (χ0v) is 19.5. The molecule has 0 aliphatic carbocycles. The second-order valence-electron chi connectivity index (χ2n) is 6.67. The zero-order valence-electron chi connectivity index (χ0n) is 17.2. The van der Waals surface area contributed by atoms with Crippen LogP contribution in [-0.4, -0.2) is 26.4 Å². The number of thioether (sulfide) groups is 1. The number of aryl methyl sites for hydroxylation is 2. The molecule has 8 heteroatoms. The summed E-state index contributed by atoms with van der Waals surface area (Å²) in [5, 5.41) is 13.4. The lowest BCUT2D eigenvalue weighted by atomic mass is 10.0. The van der Waals surface area contributed by atoms with E-state index >= 15 is 0 Å². The van der Waals surface area contributed by atoms with Crippen LogP contribution in [0.25, 0.3) is 11.4 Å². The largest absolute Gasteiger partial charge is 0.325 e. The summed E-state index contributed by atoms with van der Waals surface area (Å²) in [6.45, 7) is 6.84. The van der Waals surface area contributed by atoms with Gasteiger partial charge in [-0.1, -0.05) is 67.0 Å². The van der Waals surface area contributed by atoms with Crippen LogP contribution in [0.2, 0.25) is 10.0 Å². The highest BCUT2D eigenvalue weighted by molar-refractivity contribution is 7.99. The van der Waals surface area contributed by atoms with Crippen molar-refractivity contribution < 1.29 is 4.79 Å². The molecule has 0 radical (unpaired) electrons. The number of nitrogens with zero attached hydrogens (tertiary/aromatic N) is 3. The lowest BCUT2D eigenvalue weighted by Gasteiger charge is -2.14. The van der Waals surface area contributed by atoms with E-state index in [1.54, 1.807) is 12.1 Å². The van der Waals surface area contributed by atoms with E-state index in [0.29, 0.717) is 27.6 Å². The van der Waals surface area contributed by atoms with E-state index in [0.717, 1.165) is 35.2 Å². The van der Waals surface area contributed by atoms with E-state index in [4.69, 9.17) is 23.2 Å². The Hall–Kier alpha value is -2.02. The fourth-order valence-electron chi connectivity index (χ4n) is 3.26. The molecule has 0 bridgehead atoms. The SMILES string of the molecule is CCc1cccc(CC)c1NC(=O)CSc1nnc(-c2ccc(Cl)cc2Cl)n1CC. The Morgan fingerprint density at radius 1 is 1.07 bits per heavy atom. The molecule has 158 valence electrons. The molecule has 0 saturated carbocycles. The number of amides is 1. The van der Waals surface area contributed by atoms with Gasteiger partial charge >= 0.3 is 0 Å². The van der Waals surface area contributed by atoms with Gasteiger partial charge in [0.1, 0.15) is 0 Å². The summed E-state index contributed by atoms with van der Waals surface area (Å²) in [5.41, 5.74) is 3.98. The van der Waals surface area contributed by atoms with Crippen molar-refractivity contribution in [3.8, 4) is 11.4 Å². The van der Waals surface area contributed by atoms with Crippen LogP contribution in [0.5, 0.6) is 0 Å². The maximum atomic E-state index is 12.7. The zero-order chi connectivity index (χ0) is 21.7. The summed E-state index contributed by atoms with van der Waals surface area (Å²) in [4.78, 5) is 12.7. The maximum absolute atomic E-state index is 12.7. The third kappa shape index (κ3) is 4.99. The molecule has 3 rings (SSSR count). The van der Waals surface area contributed by atoms with Crippen molar-refractivity contribution in [2.45, 2.75) is 45.3 Å². The van der Waals surface area contributed by atoms with Crippen molar-refractivity contribution in [3.63, 3.8) is 0 Å². The molecule has 1 amide bonds. The molecule has 0 unspecified atom stereocenters. The highest BCUT2D eigenvalue weighted by atomic mass is 35.5. The summed E-state index contributed by atoms with van der Waals surface area (Å²) < 4.78 is 1.95. The minimum absolute atomic E-state index is 0.0627. The monoisotopic (exact) mass is 462 g/mol. The van der Waals surface area contributed by atoms with Crippen LogP contribution < -0.4 is 5.32 Å². The summed E-state index contributed by atoms with van der Waals surface area (Å²) in [6.07, 6.45) is 1.73. The predicted molar refractivity (Wildman–Crippen MR) is 126 cm³/mol. The van der Waals surface area contributed by atoms with E-state index in [-0.39, 0.29) is 11.7 Å². The first-order chi connectivity index (χ1) is 14.5. The molecule has 1 aromatic heterocycles. The van der Waals surface area contributed by atoms with Gasteiger partial charge in [0.2, 0.25) is 5.91 Å². The molecule has 2 aromatic carbocycles. The topological polar surface area (TPSA) is 59.8 Å². The van der Waals surface area contributed by atoms with Crippen molar-refractivity contribution in [1.82, 2.24) is 14.8 Å². The van der Waals surface area contributed by atoms with Crippen molar-refractivity contribution >= 4 is 46.6 Å². The van der Waals surface area contributed by atoms with Crippen molar-refractivity contribution in [3.05, 3.63) is 57.6 Å². The molecule has 5 nitrogen and oxygen atoms in total. The lowest BCUT2D eigenvalue weighted by molar-refractivity contribution is -0.113. The van der Waals surface area contributed by atoms with Gasteiger partial charge < -0.3 is 9.88 Å². The molecule has 3 aromatic rings. The van der Waals surface area contributed by atoms with E-state index in [1.165, 1.54) is 11.8 Å². The molecule has 1 heterocycles. The van der Waals surface area contributed by atoms with Crippen LogP contribution in [0.4, 0.5) is 5.69 Å². The smallest absolute Gasteiger partial charge is 0.234 e. The van der Waals surface area contributed by atoms with Gasteiger partial charge in [0.15, 0.2) is 11.0 Å². The Morgan fingerprint density at radius 3 is 2.37 bits per heavy atom. The Labute approximate surface area is 191 Å². The molecule has 0 atom stereocenters. The highest BCUT2D eigenvalue weighted by Gasteiger charge is 2.17. The van der Waals surface area contributed by atoms with Crippen molar-refractivity contribution in [1.29, 1.82) is 0 Å². The number of hydrogen-bond donors (Lipinski definition) is 1.